The highest BCUT2D eigenvalue weighted by Crippen LogP contribution is 2.23. The van der Waals surface area contributed by atoms with Crippen LogP contribution in [0.4, 0.5) is 0 Å². The van der Waals surface area contributed by atoms with Crippen LogP contribution in [0.1, 0.15) is 12.0 Å². The van der Waals surface area contributed by atoms with Crippen LogP contribution < -0.4 is 5.32 Å². The highest BCUT2D eigenvalue weighted by atomic mass is 32.2. The van der Waals surface area contributed by atoms with Gasteiger partial charge in [-0.3, -0.25) is 14.7 Å². The zero-order chi connectivity index (χ0) is 17.3. The topological polar surface area (TPSA) is 53.9 Å². The monoisotopic (exact) mass is 357 g/mol. The first kappa shape index (κ1) is 17.9. The van der Waals surface area contributed by atoms with Gasteiger partial charge in [0.2, 0.25) is 0 Å². The highest BCUT2D eigenvalue weighted by molar-refractivity contribution is 8.18. The highest BCUT2D eigenvalue weighted by Gasteiger charge is 2.22. The summed E-state index contributed by atoms with van der Waals surface area (Å²) in [4.78, 5) is 19.5. The van der Waals surface area contributed by atoms with Crippen molar-refractivity contribution in [1.82, 2.24) is 10.2 Å². The van der Waals surface area contributed by atoms with Crippen LogP contribution in [0.3, 0.4) is 0 Å². The molecule has 0 bridgehead atoms. The van der Waals surface area contributed by atoms with Crippen LogP contribution >= 0.6 is 11.8 Å². The number of carbonyl (C=O) groups excluding carboxylic acids is 1. The summed E-state index contributed by atoms with van der Waals surface area (Å²) in [5.74, 6) is -0.0744. The molecule has 2 fully saturated rings. The van der Waals surface area contributed by atoms with Crippen LogP contribution in [0, 0.1) is 0 Å². The molecule has 0 unspecified atom stereocenters. The van der Waals surface area contributed by atoms with Crippen LogP contribution in [0.2, 0.25) is 0 Å². The molecule has 2 saturated heterocycles. The van der Waals surface area contributed by atoms with Crippen LogP contribution in [-0.4, -0.2) is 55.4 Å². The van der Waals surface area contributed by atoms with Crippen molar-refractivity contribution >= 4 is 28.9 Å². The number of rotatable bonds is 6. The number of allylic oxidation sites excluding steroid dienone is 2. The Morgan fingerprint density at radius 3 is 2.84 bits per heavy atom. The fourth-order valence-electron chi connectivity index (χ4n) is 2.63. The third-order valence-corrected chi connectivity index (χ3v) is 4.94. The van der Waals surface area contributed by atoms with Crippen molar-refractivity contribution in [3.05, 3.63) is 53.0 Å². The third kappa shape index (κ3) is 5.85. The average Bonchev–Trinajstić information content (AvgIpc) is 3.00. The first-order valence-electron chi connectivity index (χ1n) is 8.58. The minimum Gasteiger partial charge on any atom is -0.379 e. The van der Waals surface area contributed by atoms with E-state index in [1.54, 1.807) is 0 Å². The number of hydrogen-bond donors (Lipinski definition) is 1. The van der Waals surface area contributed by atoms with Crippen LogP contribution in [0.25, 0.3) is 6.08 Å². The molecule has 2 aliphatic heterocycles. The molecular formula is C19H23N3O2S. The second-order valence-electron chi connectivity index (χ2n) is 5.85. The second kappa shape index (κ2) is 9.56. The standard InChI is InChI=1S/C19H23N3O2S/c23-18-17(9-4-8-16-6-2-1-3-7-16)25-19(21-18)20-10-5-11-22-12-14-24-15-13-22/h1-4,6-9H,5,10-15H2,(H,20,21,23)/b8-4+,17-9-. The van der Waals surface area contributed by atoms with E-state index in [0.717, 1.165) is 51.4 Å². The van der Waals surface area contributed by atoms with Crippen LogP contribution in [0.5, 0.6) is 0 Å². The van der Waals surface area contributed by atoms with Gasteiger partial charge in [-0.15, -0.1) is 0 Å². The smallest absolute Gasteiger partial charge is 0.264 e. The van der Waals surface area contributed by atoms with Gasteiger partial charge in [-0.2, -0.15) is 0 Å². The number of ether oxygens (including phenoxy) is 1. The van der Waals surface area contributed by atoms with E-state index in [-0.39, 0.29) is 5.91 Å². The molecule has 6 heteroatoms. The molecule has 0 atom stereocenters. The Bertz CT molecular complexity index is 665. The van der Waals surface area contributed by atoms with Crippen molar-refractivity contribution in [2.45, 2.75) is 6.42 Å². The van der Waals surface area contributed by atoms with Gasteiger partial charge in [0.05, 0.1) is 18.1 Å². The number of morpholine rings is 1. The first-order chi connectivity index (χ1) is 12.3. The molecule has 2 aliphatic rings. The number of carbonyl (C=O) groups is 1. The van der Waals surface area contributed by atoms with Crippen molar-refractivity contribution < 1.29 is 9.53 Å². The first-order valence-corrected chi connectivity index (χ1v) is 9.40. The van der Waals surface area contributed by atoms with Crippen molar-refractivity contribution in [1.29, 1.82) is 0 Å². The van der Waals surface area contributed by atoms with Gasteiger partial charge in [-0.1, -0.05) is 42.5 Å². The summed E-state index contributed by atoms with van der Waals surface area (Å²) in [6.45, 7) is 5.41. The normalized spacial score (nSPS) is 22.2. The molecule has 1 aromatic carbocycles. The minimum atomic E-state index is -0.0744. The molecule has 1 amide bonds. The van der Waals surface area contributed by atoms with E-state index in [1.807, 2.05) is 48.6 Å². The lowest BCUT2D eigenvalue weighted by Crippen LogP contribution is -2.37. The summed E-state index contributed by atoms with van der Waals surface area (Å²) in [6, 6.07) is 10.0. The maximum Gasteiger partial charge on any atom is 0.264 e. The summed E-state index contributed by atoms with van der Waals surface area (Å²) in [7, 11) is 0. The molecule has 3 rings (SSSR count). The lowest BCUT2D eigenvalue weighted by atomic mass is 10.2. The minimum absolute atomic E-state index is 0.0744. The van der Waals surface area contributed by atoms with Crippen molar-refractivity contribution in [3.8, 4) is 0 Å². The van der Waals surface area contributed by atoms with Gasteiger partial charge in [-0.05, 0) is 29.8 Å². The number of nitrogens with zero attached hydrogens (tertiary/aromatic N) is 2. The fourth-order valence-corrected chi connectivity index (χ4v) is 3.42. The van der Waals surface area contributed by atoms with Crippen molar-refractivity contribution in [3.63, 3.8) is 0 Å². The average molecular weight is 357 g/mol. The molecule has 1 aromatic rings. The van der Waals surface area contributed by atoms with Gasteiger partial charge in [0.25, 0.3) is 5.91 Å². The summed E-state index contributed by atoms with van der Waals surface area (Å²) in [5, 5.41) is 3.53. The predicted octanol–water partition coefficient (Wildman–Crippen LogP) is 2.53. The second-order valence-corrected chi connectivity index (χ2v) is 6.88. The van der Waals surface area contributed by atoms with Gasteiger partial charge < -0.3 is 10.1 Å². The molecule has 5 nitrogen and oxygen atoms in total. The quantitative estimate of drug-likeness (QED) is 0.628. The van der Waals surface area contributed by atoms with E-state index >= 15 is 0 Å². The number of thioether (sulfide) groups is 1. The largest absolute Gasteiger partial charge is 0.379 e. The molecule has 25 heavy (non-hydrogen) atoms. The Labute approximate surface area is 152 Å². The van der Waals surface area contributed by atoms with Gasteiger partial charge >= 0.3 is 0 Å². The number of nitrogens with one attached hydrogen (secondary N) is 1. The van der Waals surface area contributed by atoms with Gasteiger partial charge in [0.1, 0.15) is 0 Å². The lowest BCUT2D eigenvalue weighted by molar-refractivity contribution is -0.115. The summed E-state index contributed by atoms with van der Waals surface area (Å²) < 4.78 is 5.34. The van der Waals surface area contributed by atoms with E-state index in [1.165, 1.54) is 11.8 Å². The Hall–Kier alpha value is -1.89. The SMILES string of the molecule is O=C1NC(=NCCCN2CCOCC2)S/C1=C\C=C\c1ccccc1. The summed E-state index contributed by atoms with van der Waals surface area (Å²) in [5.41, 5.74) is 1.11. The lowest BCUT2D eigenvalue weighted by Gasteiger charge is -2.26. The molecule has 0 spiro atoms. The van der Waals surface area contributed by atoms with E-state index in [2.05, 4.69) is 15.2 Å². The Kier molecular flexibility index (Phi) is 6.85. The molecule has 0 saturated carbocycles. The molecular weight excluding hydrogens is 334 g/mol. The maximum atomic E-state index is 12.0. The van der Waals surface area contributed by atoms with E-state index < -0.39 is 0 Å². The third-order valence-electron chi connectivity index (χ3n) is 3.98. The molecule has 2 heterocycles. The van der Waals surface area contributed by atoms with Crippen LogP contribution in [0.15, 0.2) is 52.4 Å². The molecule has 0 radical (unpaired) electrons. The Morgan fingerprint density at radius 2 is 2.04 bits per heavy atom. The zero-order valence-electron chi connectivity index (χ0n) is 14.2. The maximum absolute atomic E-state index is 12.0. The van der Waals surface area contributed by atoms with Crippen LogP contribution in [-0.2, 0) is 9.53 Å². The Balaban J connectivity index is 1.44. The van der Waals surface area contributed by atoms with E-state index in [4.69, 9.17) is 4.74 Å². The molecule has 0 aromatic heterocycles. The zero-order valence-corrected chi connectivity index (χ0v) is 15.0. The van der Waals surface area contributed by atoms with Crippen molar-refractivity contribution in [2.75, 3.05) is 39.4 Å². The van der Waals surface area contributed by atoms with Gasteiger partial charge in [-0.25, -0.2) is 0 Å². The predicted molar refractivity (Wildman–Crippen MR) is 103 cm³/mol. The van der Waals surface area contributed by atoms with E-state index in [9.17, 15) is 4.79 Å². The molecule has 0 aliphatic carbocycles. The number of amidine groups is 1. The Morgan fingerprint density at radius 1 is 1.24 bits per heavy atom. The van der Waals surface area contributed by atoms with Gasteiger partial charge in [0, 0.05) is 26.2 Å². The summed E-state index contributed by atoms with van der Waals surface area (Å²) in [6.07, 6.45) is 6.72. The van der Waals surface area contributed by atoms with Crippen molar-refractivity contribution in [2.24, 2.45) is 4.99 Å². The fraction of sp³-hybridized carbons (Fsp3) is 0.368. The number of hydrogen-bond acceptors (Lipinski definition) is 5. The number of amides is 1. The summed E-state index contributed by atoms with van der Waals surface area (Å²) >= 11 is 1.41. The van der Waals surface area contributed by atoms with E-state index in [0.29, 0.717) is 10.1 Å². The molecule has 132 valence electrons. The number of benzene rings is 1. The van der Waals surface area contributed by atoms with Gasteiger partial charge in [0.15, 0.2) is 5.17 Å². The number of aliphatic imine (C=N–C) groups is 1. The molecule has 1 N–H and O–H groups in total.